The van der Waals surface area contributed by atoms with Crippen LogP contribution in [0.2, 0.25) is 5.02 Å². The van der Waals surface area contributed by atoms with Crippen molar-refractivity contribution < 1.29 is 9.53 Å². The molecule has 29 heavy (non-hydrogen) atoms. The fourth-order valence-corrected chi connectivity index (χ4v) is 4.69. The largest absolute Gasteiger partial charge is 0.497 e. The summed E-state index contributed by atoms with van der Waals surface area (Å²) in [6.07, 6.45) is 1.91. The zero-order valence-corrected chi connectivity index (χ0v) is 17.7. The van der Waals surface area contributed by atoms with Gasteiger partial charge in [-0.3, -0.25) is 9.69 Å². The standard InChI is InChI=1S/C24H20ClNO2S/c1-16-6-8-18(9-7-16)24-26(20-10-12-21(28-2)13-11-20)23(27)22(29-24)15-17-4-3-5-19(25)14-17/h3-15,24H,1-2H3/b22-15+/t24-/m0/s1. The number of carbonyl (C=O) groups is 1. The summed E-state index contributed by atoms with van der Waals surface area (Å²) in [5, 5.41) is 0.513. The first kappa shape index (κ1) is 19.6. The van der Waals surface area contributed by atoms with E-state index in [1.54, 1.807) is 18.9 Å². The molecule has 1 amide bonds. The van der Waals surface area contributed by atoms with Gasteiger partial charge in [-0.1, -0.05) is 65.3 Å². The van der Waals surface area contributed by atoms with Crippen LogP contribution < -0.4 is 9.64 Å². The third-order valence-corrected chi connectivity index (χ3v) is 6.25. The monoisotopic (exact) mass is 421 g/mol. The summed E-state index contributed by atoms with van der Waals surface area (Å²) in [4.78, 5) is 15.9. The van der Waals surface area contributed by atoms with Gasteiger partial charge >= 0.3 is 0 Å². The summed E-state index contributed by atoms with van der Waals surface area (Å²) in [6, 6.07) is 23.4. The van der Waals surface area contributed by atoms with Gasteiger partial charge in [0.25, 0.3) is 5.91 Å². The van der Waals surface area contributed by atoms with Crippen molar-refractivity contribution in [2.75, 3.05) is 12.0 Å². The molecule has 3 nitrogen and oxygen atoms in total. The maximum Gasteiger partial charge on any atom is 0.266 e. The maximum atomic E-state index is 13.4. The highest BCUT2D eigenvalue weighted by Crippen LogP contribution is 2.48. The predicted octanol–water partition coefficient (Wildman–Crippen LogP) is 6.48. The lowest BCUT2D eigenvalue weighted by Crippen LogP contribution is -2.27. The van der Waals surface area contributed by atoms with Crippen molar-refractivity contribution in [1.29, 1.82) is 0 Å². The van der Waals surface area contributed by atoms with Gasteiger partial charge in [-0.05, 0) is 60.5 Å². The van der Waals surface area contributed by atoms with Crippen molar-refractivity contribution >= 4 is 41.0 Å². The lowest BCUT2D eigenvalue weighted by molar-refractivity contribution is -0.114. The van der Waals surface area contributed by atoms with Crippen molar-refractivity contribution in [1.82, 2.24) is 0 Å². The number of amides is 1. The van der Waals surface area contributed by atoms with E-state index in [-0.39, 0.29) is 11.3 Å². The third kappa shape index (κ3) is 4.19. The van der Waals surface area contributed by atoms with E-state index in [9.17, 15) is 4.79 Å². The number of anilines is 1. The molecule has 146 valence electrons. The Morgan fingerprint density at radius 3 is 2.41 bits per heavy atom. The smallest absolute Gasteiger partial charge is 0.266 e. The van der Waals surface area contributed by atoms with Crippen molar-refractivity contribution in [3.63, 3.8) is 0 Å². The number of benzene rings is 3. The highest BCUT2D eigenvalue weighted by atomic mass is 35.5. The molecule has 0 aliphatic carbocycles. The van der Waals surface area contributed by atoms with Crippen LogP contribution in [0.4, 0.5) is 5.69 Å². The Kier molecular flexibility index (Phi) is 5.65. The van der Waals surface area contributed by atoms with Gasteiger partial charge in [-0.25, -0.2) is 0 Å². The molecule has 5 heteroatoms. The Hall–Kier alpha value is -2.69. The van der Waals surface area contributed by atoms with Gasteiger partial charge in [0, 0.05) is 10.7 Å². The van der Waals surface area contributed by atoms with Crippen LogP contribution in [0, 0.1) is 6.92 Å². The number of ether oxygens (including phenoxy) is 1. The first-order valence-electron chi connectivity index (χ1n) is 9.23. The number of methoxy groups -OCH3 is 1. The molecule has 0 aromatic heterocycles. The minimum absolute atomic E-state index is 0.0225. The summed E-state index contributed by atoms with van der Waals surface area (Å²) in [6.45, 7) is 2.06. The summed E-state index contributed by atoms with van der Waals surface area (Å²) in [5.41, 5.74) is 4.02. The second-order valence-electron chi connectivity index (χ2n) is 6.82. The first-order chi connectivity index (χ1) is 14.0. The number of hydrogen-bond acceptors (Lipinski definition) is 3. The normalized spacial score (nSPS) is 17.8. The number of nitrogens with zero attached hydrogens (tertiary/aromatic N) is 1. The molecule has 3 aromatic carbocycles. The van der Waals surface area contributed by atoms with Crippen LogP contribution >= 0.6 is 23.4 Å². The van der Waals surface area contributed by atoms with E-state index in [0.717, 1.165) is 22.6 Å². The summed E-state index contributed by atoms with van der Waals surface area (Å²) < 4.78 is 5.26. The fourth-order valence-electron chi connectivity index (χ4n) is 3.24. The number of rotatable bonds is 4. The molecule has 1 aliphatic rings. The topological polar surface area (TPSA) is 29.5 Å². The van der Waals surface area contributed by atoms with E-state index < -0.39 is 0 Å². The van der Waals surface area contributed by atoms with E-state index in [0.29, 0.717) is 9.93 Å². The molecule has 0 unspecified atom stereocenters. The first-order valence-corrected chi connectivity index (χ1v) is 10.5. The molecule has 3 aromatic rings. The van der Waals surface area contributed by atoms with Gasteiger partial charge in [0.05, 0.1) is 12.0 Å². The molecule has 1 aliphatic heterocycles. The lowest BCUT2D eigenvalue weighted by Gasteiger charge is -2.24. The van der Waals surface area contributed by atoms with Gasteiger partial charge in [-0.2, -0.15) is 0 Å². The Morgan fingerprint density at radius 2 is 1.76 bits per heavy atom. The molecule has 1 atom stereocenters. The second kappa shape index (κ2) is 8.36. The predicted molar refractivity (Wildman–Crippen MR) is 121 cm³/mol. The highest BCUT2D eigenvalue weighted by molar-refractivity contribution is 8.05. The van der Waals surface area contributed by atoms with Crippen LogP contribution in [-0.4, -0.2) is 13.0 Å². The lowest BCUT2D eigenvalue weighted by atomic mass is 10.1. The van der Waals surface area contributed by atoms with Crippen molar-refractivity contribution in [3.05, 3.63) is 99.4 Å². The Bertz CT molecular complexity index is 1060. The number of aryl methyl sites for hydroxylation is 1. The molecular formula is C24H20ClNO2S. The Labute approximate surface area is 180 Å². The molecule has 1 heterocycles. The van der Waals surface area contributed by atoms with E-state index in [2.05, 4.69) is 31.2 Å². The van der Waals surface area contributed by atoms with E-state index in [4.69, 9.17) is 16.3 Å². The zero-order chi connectivity index (χ0) is 20.4. The highest BCUT2D eigenvalue weighted by Gasteiger charge is 2.38. The third-order valence-electron chi connectivity index (χ3n) is 4.76. The van der Waals surface area contributed by atoms with Crippen molar-refractivity contribution in [2.45, 2.75) is 12.3 Å². The summed E-state index contributed by atoms with van der Waals surface area (Å²) in [7, 11) is 1.63. The minimum Gasteiger partial charge on any atom is -0.497 e. The molecule has 0 spiro atoms. The van der Waals surface area contributed by atoms with Gasteiger partial charge in [0.2, 0.25) is 0 Å². The summed E-state index contributed by atoms with van der Waals surface area (Å²) in [5.74, 6) is 0.736. The van der Waals surface area contributed by atoms with E-state index >= 15 is 0 Å². The number of hydrogen-bond donors (Lipinski definition) is 0. The molecule has 0 radical (unpaired) electrons. The van der Waals surface area contributed by atoms with E-state index in [1.807, 2.05) is 59.5 Å². The Morgan fingerprint density at radius 1 is 1.03 bits per heavy atom. The SMILES string of the molecule is COc1ccc(N2C(=O)/C(=C\c3cccc(Cl)c3)S[C@H]2c2ccc(C)cc2)cc1. The molecule has 1 saturated heterocycles. The van der Waals surface area contributed by atoms with Crippen LogP contribution in [0.25, 0.3) is 6.08 Å². The maximum absolute atomic E-state index is 13.4. The number of thioether (sulfide) groups is 1. The number of halogens is 1. The average molecular weight is 422 g/mol. The average Bonchev–Trinajstić information content (AvgIpc) is 3.05. The van der Waals surface area contributed by atoms with Crippen LogP contribution in [0.1, 0.15) is 22.1 Å². The van der Waals surface area contributed by atoms with Crippen molar-refractivity contribution in [3.8, 4) is 5.75 Å². The second-order valence-corrected chi connectivity index (χ2v) is 8.38. The molecular weight excluding hydrogens is 402 g/mol. The molecule has 4 rings (SSSR count). The van der Waals surface area contributed by atoms with Gasteiger partial charge < -0.3 is 4.74 Å². The molecule has 0 N–H and O–H groups in total. The van der Waals surface area contributed by atoms with Gasteiger partial charge in [0.15, 0.2) is 0 Å². The molecule has 0 saturated carbocycles. The zero-order valence-electron chi connectivity index (χ0n) is 16.1. The summed E-state index contributed by atoms with van der Waals surface area (Å²) >= 11 is 7.67. The van der Waals surface area contributed by atoms with Gasteiger partial charge in [0.1, 0.15) is 11.1 Å². The van der Waals surface area contributed by atoms with Crippen LogP contribution in [0.3, 0.4) is 0 Å². The van der Waals surface area contributed by atoms with Crippen molar-refractivity contribution in [2.24, 2.45) is 0 Å². The van der Waals surface area contributed by atoms with Crippen LogP contribution in [0.15, 0.2) is 77.7 Å². The van der Waals surface area contributed by atoms with Crippen LogP contribution in [-0.2, 0) is 4.79 Å². The quantitative estimate of drug-likeness (QED) is 0.451. The molecule has 0 bridgehead atoms. The van der Waals surface area contributed by atoms with E-state index in [1.165, 1.54) is 5.56 Å². The minimum atomic E-state index is -0.137. The van der Waals surface area contributed by atoms with Crippen LogP contribution in [0.5, 0.6) is 5.75 Å². The fraction of sp³-hybridized carbons (Fsp3) is 0.125. The number of carbonyl (C=O) groups excluding carboxylic acids is 1. The van der Waals surface area contributed by atoms with Gasteiger partial charge in [-0.15, -0.1) is 0 Å². The Balaban J connectivity index is 1.75. The molecule has 1 fully saturated rings.